The van der Waals surface area contributed by atoms with E-state index in [1.807, 2.05) is 0 Å². The molecule has 17 atom stereocenters. The monoisotopic (exact) mass is 775 g/mol. The first kappa shape index (κ1) is 42.4. The fourth-order valence-electron chi connectivity index (χ4n) is 6.82. The van der Waals surface area contributed by atoms with Gasteiger partial charge < -0.3 is 84.2 Å². The lowest BCUT2D eigenvalue weighted by Gasteiger charge is -2.47. The quantitative estimate of drug-likeness (QED) is 0.0964. The highest BCUT2D eigenvalue weighted by atomic mass is 19.4. The molecule has 1 aromatic rings. The molecule has 304 valence electrons. The minimum absolute atomic E-state index is 0.0321. The third-order valence-corrected chi connectivity index (χ3v) is 9.75. The van der Waals surface area contributed by atoms with Crippen LogP contribution in [0.2, 0.25) is 0 Å². The molecule has 0 saturated carbocycles. The van der Waals surface area contributed by atoms with Crippen LogP contribution < -0.4 is 0 Å². The number of aliphatic hydroxyl groups excluding tert-OH is 10. The molecule has 4 aliphatic rings. The molecule has 10 N–H and O–H groups in total. The Kier molecular flexibility index (Phi) is 14.4. The van der Waals surface area contributed by atoms with Crippen molar-refractivity contribution in [1.82, 2.24) is 4.90 Å². The van der Waals surface area contributed by atoms with Gasteiger partial charge >= 0.3 is 6.18 Å². The van der Waals surface area contributed by atoms with Crippen molar-refractivity contribution in [2.24, 2.45) is 0 Å². The van der Waals surface area contributed by atoms with Gasteiger partial charge in [-0.1, -0.05) is 18.2 Å². The molecule has 0 aliphatic carbocycles. The highest BCUT2D eigenvalue weighted by Gasteiger charge is 2.52. The van der Waals surface area contributed by atoms with Gasteiger partial charge in [0.05, 0.1) is 44.2 Å². The van der Waals surface area contributed by atoms with Crippen molar-refractivity contribution in [1.29, 1.82) is 0 Å². The zero-order valence-corrected chi connectivity index (χ0v) is 28.5. The summed E-state index contributed by atoms with van der Waals surface area (Å²) in [6, 6.07) is 4.99. The van der Waals surface area contributed by atoms with E-state index in [1.165, 1.54) is 25.1 Å². The number of morpholine rings is 1. The zero-order chi connectivity index (χ0) is 38.8. The Morgan fingerprint density at radius 3 is 1.96 bits per heavy atom. The maximum atomic E-state index is 13.7. The predicted molar refractivity (Wildman–Crippen MR) is 166 cm³/mol. The molecule has 5 rings (SSSR count). The van der Waals surface area contributed by atoms with E-state index >= 15 is 0 Å². The number of alkyl halides is 3. The van der Waals surface area contributed by atoms with Gasteiger partial charge in [-0.15, -0.1) is 0 Å². The van der Waals surface area contributed by atoms with Crippen molar-refractivity contribution in [3.63, 3.8) is 0 Å². The molecule has 21 heteroatoms. The van der Waals surface area contributed by atoms with Crippen molar-refractivity contribution in [2.45, 2.75) is 124 Å². The first-order valence-corrected chi connectivity index (χ1v) is 17.1. The van der Waals surface area contributed by atoms with E-state index in [0.717, 1.165) is 6.07 Å². The van der Waals surface area contributed by atoms with E-state index < -0.39 is 142 Å². The maximum absolute atomic E-state index is 13.7. The highest BCUT2D eigenvalue weighted by Crippen LogP contribution is 2.34. The van der Waals surface area contributed by atoms with Crippen molar-refractivity contribution in [2.75, 3.05) is 39.5 Å². The molecule has 1 aromatic carbocycles. The standard InChI is InChI=1S/C32H48F3NO17/c1-13-21(40)28(53-31-26(45)25(44)22(41)17(10-38)51-31)24(43)19(48-13)12-47-30-27(46)29(23(42)18(11-39)50-30)52-20-8-36(7-15(9-37)49-20)6-14-4-2-3-5-16(14)32(33,34)35/h2-5,13,15,17-31,37-46H,6-12H2,1H3. The van der Waals surface area contributed by atoms with Gasteiger partial charge in [0.2, 0.25) is 0 Å². The smallest absolute Gasteiger partial charge is 0.394 e. The van der Waals surface area contributed by atoms with Gasteiger partial charge in [0, 0.05) is 19.6 Å². The molecule has 0 amide bonds. The minimum atomic E-state index is -4.62. The van der Waals surface area contributed by atoms with E-state index in [0.29, 0.717) is 0 Å². The summed E-state index contributed by atoms with van der Waals surface area (Å²) < 4.78 is 80.5. The van der Waals surface area contributed by atoms with Crippen molar-refractivity contribution in [3.05, 3.63) is 35.4 Å². The summed E-state index contributed by atoms with van der Waals surface area (Å²) in [5.74, 6) is 0. The second kappa shape index (κ2) is 18.0. The minimum Gasteiger partial charge on any atom is -0.394 e. The van der Waals surface area contributed by atoms with Crippen LogP contribution in [0.15, 0.2) is 24.3 Å². The average Bonchev–Trinajstić information content (AvgIpc) is 3.13. The molecular weight excluding hydrogens is 727 g/mol. The first-order chi connectivity index (χ1) is 25.1. The zero-order valence-electron chi connectivity index (χ0n) is 28.5. The summed E-state index contributed by atoms with van der Waals surface area (Å²) >= 11 is 0. The Morgan fingerprint density at radius 1 is 0.679 bits per heavy atom. The molecule has 0 bridgehead atoms. The number of ether oxygens (including phenoxy) is 7. The van der Waals surface area contributed by atoms with E-state index in [2.05, 4.69) is 0 Å². The lowest BCUT2D eigenvalue weighted by molar-refractivity contribution is -0.352. The van der Waals surface area contributed by atoms with Crippen LogP contribution in [-0.4, -0.2) is 200 Å². The van der Waals surface area contributed by atoms with Crippen LogP contribution in [0.25, 0.3) is 0 Å². The van der Waals surface area contributed by atoms with Crippen LogP contribution in [0.4, 0.5) is 13.2 Å². The van der Waals surface area contributed by atoms with Crippen molar-refractivity contribution in [3.8, 4) is 0 Å². The number of benzene rings is 1. The summed E-state index contributed by atoms with van der Waals surface area (Å²) in [5.41, 5.74) is -0.875. The normalized spacial score (nSPS) is 43.2. The molecular formula is C32H48F3NO17. The van der Waals surface area contributed by atoms with E-state index in [4.69, 9.17) is 33.2 Å². The predicted octanol–water partition coefficient (Wildman–Crippen LogP) is -4.24. The lowest BCUT2D eigenvalue weighted by Crippen LogP contribution is -2.65. The van der Waals surface area contributed by atoms with Gasteiger partial charge in [0.1, 0.15) is 73.2 Å². The first-order valence-electron chi connectivity index (χ1n) is 17.1. The summed E-state index contributed by atoms with van der Waals surface area (Å²) in [5, 5.41) is 104. The largest absolute Gasteiger partial charge is 0.416 e. The Labute approximate surface area is 301 Å². The molecule has 4 fully saturated rings. The number of aliphatic hydroxyl groups is 10. The van der Waals surface area contributed by atoms with Crippen LogP contribution in [-0.2, 0) is 45.9 Å². The SMILES string of the molecule is CC1OC(COC2OC(CO)C(O)C(OC3CN(Cc4ccccc4C(F)(F)F)CC(CO)O3)C2O)C(O)C(OC2OC(CO)C(O)C(O)C2O)C1O. The summed E-state index contributed by atoms with van der Waals surface area (Å²) in [4.78, 5) is 1.55. The fraction of sp³-hybridized carbons (Fsp3) is 0.812. The van der Waals surface area contributed by atoms with Gasteiger partial charge in [-0.05, 0) is 18.6 Å². The van der Waals surface area contributed by atoms with Crippen LogP contribution >= 0.6 is 0 Å². The van der Waals surface area contributed by atoms with E-state index in [9.17, 15) is 64.2 Å². The Balaban J connectivity index is 1.24. The molecule has 4 heterocycles. The molecule has 0 radical (unpaired) electrons. The third-order valence-electron chi connectivity index (χ3n) is 9.75. The summed E-state index contributed by atoms with van der Waals surface area (Å²) in [7, 11) is 0. The molecule has 18 nitrogen and oxygen atoms in total. The van der Waals surface area contributed by atoms with Crippen molar-refractivity contribution < 1.29 is 97.4 Å². The molecule has 4 aliphatic heterocycles. The summed E-state index contributed by atoms with van der Waals surface area (Å²) in [6.45, 7) is -1.50. The average molecular weight is 776 g/mol. The molecule has 17 unspecified atom stereocenters. The van der Waals surface area contributed by atoms with Gasteiger partial charge in [-0.2, -0.15) is 13.2 Å². The Morgan fingerprint density at radius 2 is 1.30 bits per heavy atom. The number of hydrogen-bond donors (Lipinski definition) is 10. The lowest BCUT2D eigenvalue weighted by atomic mass is 9.94. The molecule has 0 aromatic heterocycles. The number of nitrogens with zero attached hydrogens (tertiary/aromatic N) is 1. The van der Waals surface area contributed by atoms with Crippen LogP contribution in [0.1, 0.15) is 18.1 Å². The third kappa shape index (κ3) is 9.64. The number of rotatable bonds is 12. The van der Waals surface area contributed by atoms with Crippen LogP contribution in [0.3, 0.4) is 0 Å². The number of halogens is 3. The van der Waals surface area contributed by atoms with Gasteiger partial charge in [0.15, 0.2) is 18.9 Å². The van der Waals surface area contributed by atoms with Crippen molar-refractivity contribution >= 4 is 0 Å². The fourth-order valence-corrected chi connectivity index (χ4v) is 6.82. The van der Waals surface area contributed by atoms with Gasteiger partial charge in [0.25, 0.3) is 0 Å². The number of hydrogen-bond acceptors (Lipinski definition) is 18. The van der Waals surface area contributed by atoms with Gasteiger partial charge in [-0.25, -0.2) is 0 Å². The van der Waals surface area contributed by atoms with Gasteiger partial charge in [-0.3, -0.25) is 4.90 Å². The second-order valence-corrected chi connectivity index (χ2v) is 13.5. The molecule has 4 saturated heterocycles. The Hall–Kier alpha value is -1.71. The Bertz CT molecular complexity index is 1300. The van der Waals surface area contributed by atoms with E-state index in [1.54, 1.807) is 4.90 Å². The van der Waals surface area contributed by atoms with Crippen LogP contribution in [0, 0.1) is 0 Å². The topological polar surface area (TPSA) is 270 Å². The van der Waals surface area contributed by atoms with E-state index in [-0.39, 0.29) is 25.2 Å². The molecule has 53 heavy (non-hydrogen) atoms. The highest BCUT2D eigenvalue weighted by molar-refractivity contribution is 5.29. The van der Waals surface area contributed by atoms with Crippen LogP contribution in [0.5, 0.6) is 0 Å². The maximum Gasteiger partial charge on any atom is 0.416 e. The second-order valence-electron chi connectivity index (χ2n) is 13.5. The molecule has 0 spiro atoms. The summed E-state index contributed by atoms with van der Waals surface area (Å²) in [6.07, 6.45) is -30.4.